The number of nitrogens with one attached hydrogen (secondary N) is 5. The first kappa shape index (κ1) is 37.4. The molecule has 49 heavy (non-hydrogen) atoms. The Kier molecular flexibility index (Phi) is 14.9. The quantitative estimate of drug-likeness (QED) is 0.0680. The highest BCUT2D eigenvalue weighted by Crippen LogP contribution is 2.11. The lowest BCUT2D eigenvalue weighted by atomic mass is 10.1. The Morgan fingerprint density at radius 2 is 1.33 bits per heavy atom. The molecule has 260 valence electrons. The van der Waals surface area contributed by atoms with Gasteiger partial charge in [-0.05, 0) is 36.1 Å². The van der Waals surface area contributed by atoms with Crippen molar-refractivity contribution in [1.82, 2.24) is 26.2 Å². The first-order chi connectivity index (χ1) is 23.5. The molecular weight excluding hydrogens is 640 g/mol. The van der Waals surface area contributed by atoms with Crippen molar-refractivity contribution >= 4 is 53.2 Å². The van der Waals surface area contributed by atoms with E-state index in [9.17, 15) is 38.4 Å². The third-order valence-electron chi connectivity index (χ3n) is 7.04. The minimum Gasteiger partial charge on any atom is -0.450 e. The number of unbranched alkanes of at least 4 members (excludes halogenated alkanes) is 2. The van der Waals surface area contributed by atoms with Crippen LogP contribution in [0.2, 0.25) is 0 Å². The van der Waals surface area contributed by atoms with Gasteiger partial charge in [0.05, 0.1) is 19.6 Å². The predicted octanol–water partition coefficient (Wildman–Crippen LogP) is 0.381. The summed E-state index contributed by atoms with van der Waals surface area (Å²) in [5.41, 5.74) is 1.72. The van der Waals surface area contributed by atoms with Crippen LogP contribution in [0.4, 0.5) is 10.5 Å². The van der Waals surface area contributed by atoms with Crippen molar-refractivity contribution in [2.45, 2.75) is 44.8 Å². The van der Waals surface area contributed by atoms with Gasteiger partial charge in [-0.3, -0.25) is 38.5 Å². The molecule has 3 rings (SSSR count). The molecule has 1 atom stereocenters. The smallest absolute Gasteiger partial charge is 0.450 e. The third kappa shape index (κ3) is 14.1. The molecule has 0 saturated heterocycles. The Bertz CT molecular complexity index is 1530. The average Bonchev–Trinajstić information content (AvgIpc) is 3.40. The Morgan fingerprint density at radius 1 is 0.694 bits per heavy atom. The van der Waals surface area contributed by atoms with Crippen molar-refractivity contribution in [2.24, 2.45) is 0 Å². The van der Waals surface area contributed by atoms with Crippen LogP contribution in [0.25, 0.3) is 0 Å². The Labute approximate surface area is 281 Å². The first-order valence-electron chi connectivity index (χ1n) is 15.4. The minimum absolute atomic E-state index is 0.103. The van der Waals surface area contributed by atoms with Gasteiger partial charge in [-0.15, -0.1) is 0 Å². The maximum absolute atomic E-state index is 13.0. The molecule has 0 spiro atoms. The van der Waals surface area contributed by atoms with Crippen LogP contribution in [0, 0.1) is 0 Å². The number of hydrogen-bond donors (Lipinski definition) is 6. The lowest BCUT2D eigenvalue weighted by molar-refractivity contribution is -0.137. The zero-order valence-corrected chi connectivity index (χ0v) is 26.6. The number of anilines is 1. The van der Waals surface area contributed by atoms with Gasteiger partial charge in [-0.25, -0.2) is 4.79 Å². The van der Waals surface area contributed by atoms with Gasteiger partial charge in [0.25, 0.3) is 11.8 Å². The second kappa shape index (κ2) is 19.6. The fourth-order valence-corrected chi connectivity index (χ4v) is 4.52. The van der Waals surface area contributed by atoms with Crippen LogP contribution in [-0.4, -0.2) is 89.7 Å². The summed E-state index contributed by atoms with van der Waals surface area (Å²) in [4.78, 5) is 97.1. The molecular formula is C33H38N6O10. The van der Waals surface area contributed by atoms with Crippen LogP contribution in [-0.2, 0) is 51.3 Å². The lowest BCUT2D eigenvalue weighted by Crippen LogP contribution is -2.52. The summed E-state index contributed by atoms with van der Waals surface area (Å²) in [5, 5.41) is 21.1. The predicted molar refractivity (Wildman–Crippen MR) is 173 cm³/mol. The minimum atomic E-state index is -1.41. The Balaban J connectivity index is 1.38. The summed E-state index contributed by atoms with van der Waals surface area (Å²) in [6.07, 6.45) is 2.89. The first-order valence-corrected chi connectivity index (χ1v) is 15.4. The normalized spacial score (nSPS) is 12.5. The molecule has 2 aromatic carbocycles. The molecule has 0 bridgehead atoms. The standard InChI is InChI=1S/C33H38N6O10/c40-26(9-5-2-6-16-39-30(44)14-15-31(39)45)34-18-27(41)35-19-29(43)38-25(17-22-7-3-1-4-8-22)32(46)36-20-28(42)37-24-12-10-23(11-13-24)21-49-33(47)48/h1,3-4,7-8,10-15,25H,2,5-6,9,16-21H2,(H,34,40)(H,35,41)(H,36,46)(H,37,42)(H,38,43)(H,47,48). The van der Waals surface area contributed by atoms with E-state index in [0.29, 0.717) is 30.5 Å². The zero-order valence-electron chi connectivity index (χ0n) is 26.6. The molecule has 0 aliphatic carbocycles. The number of hydrogen-bond acceptors (Lipinski definition) is 9. The monoisotopic (exact) mass is 678 g/mol. The van der Waals surface area contributed by atoms with E-state index in [0.717, 1.165) is 10.5 Å². The van der Waals surface area contributed by atoms with Crippen molar-refractivity contribution in [3.63, 3.8) is 0 Å². The van der Waals surface area contributed by atoms with Crippen LogP contribution >= 0.6 is 0 Å². The summed E-state index contributed by atoms with van der Waals surface area (Å²) in [6.45, 7) is -1.12. The molecule has 0 saturated carbocycles. The fraction of sp³-hybridized carbons (Fsp3) is 0.333. The van der Waals surface area contributed by atoms with Crippen molar-refractivity contribution in [1.29, 1.82) is 0 Å². The van der Waals surface area contributed by atoms with E-state index >= 15 is 0 Å². The highest BCUT2D eigenvalue weighted by atomic mass is 16.7. The van der Waals surface area contributed by atoms with E-state index in [2.05, 4.69) is 31.3 Å². The lowest BCUT2D eigenvalue weighted by Gasteiger charge is -2.19. The molecule has 1 aliphatic rings. The molecule has 6 N–H and O–H groups in total. The Hall–Kier alpha value is -6.06. The molecule has 7 amide bonds. The van der Waals surface area contributed by atoms with E-state index in [4.69, 9.17) is 5.11 Å². The summed E-state index contributed by atoms with van der Waals surface area (Å²) < 4.78 is 4.49. The van der Waals surface area contributed by atoms with Crippen molar-refractivity contribution in [3.8, 4) is 0 Å². The number of amides is 7. The molecule has 1 heterocycles. The molecule has 16 nitrogen and oxygen atoms in total. The van der Waals surface area contributed by atoms with E-state index in [1.54, 1.807) is 54.6 Å². The van der Waals surface area contributed by atoms with Crippen LogP contribution in [0.5, 0.6) is 0 Å². The summed E-state index contributed by atoms with van der Waals surface area (Å²) >= 11 is 0. The molecule has 0 fully saturated rings. The van der Waals surface area contributed by atoms with Gasteiger partial charge in [-0.1, -0.05) is 48.9 Å². The maximum Gasteiger partial charge on any atom is 0.506 e. The third-order valence-corrected chi connectivity index (χ3v) is 7.04. The van der Waals surface area contributed by atoms with Gasteiger partial charge in [0.15, 0.2) is 0 Å². The van der Waals surface area contributed by atoms with E-state index < -0.39 is 48.9 Å². The van der Waals surface area contributed by atoms with Gasteiger partial charge in [-0.2, -0.15) is 0 Å². The average molecular weight is 679 g/mol. The molecule has 1 unspecified atom stereocenters. The maximum atomic E-state index is 13.0. The van der Waals surface area contributed by atoms with Gasteiger partial charge in [0.1, 0.15) is 12.6 Å². The topological polar surface area (TPSA) is 229 Å². The number of rotatable bonds is 19. The number of imide groups is 1. The van der Waals surface area contributed by atoms with Gasteiger partial charge < -0.3 is 36.4 Å². The summed E-state index contributed by atoms with van der Waals surface area (Å²) in [5.74, 6) is -3.56. The SMILES string of the molecule is O=C(CCCCCN1C(=O)C=CC1=O)NCC(=O)NCC(=O)NC(Cc1ccccc1)C(=O)NCC(=O)Nc1ccc(COC(=O)O)cc1. The fourth-order valence-electron chi connectivity index (χ4n) is 4.52. The number of nitrogens with zero attached hydrogens (tertiary/aromatic N) is 1. The van der Waals surface area contributed by atoms with Crippen molar-refractivity contribution < 1.29 is 48.2 Å². The summed E-state index contributed by atoms with van der Waals surface area (Å²) in [6, 6.07) is 14.0. The van der Waals surface area contributed by atoms with Crippen LogP contribution in [0.15, 0.2) is 66.7 Å². The van der Waals surface area contributed by atoms with E-state index in [-0.39, 0.29) is 50.3 Å². The number of carbonyl (C=O) groups is 8. The molecule has 16 heteroatoms. The molecule has 0 radical (unpaired) electrons. The van der Waals surface area contributed by atoms with Gasteiger partial charge in [0.2, 0.25) is 29.5 Å². The van der Waals surface area contributed by atoms with Gasteiger partial charge in [0, 0.05) is 37.2 Å². The van der Waals surface area contributed by atoms with Crippen molar-refractivity contribution in [3.05, 3.63) is 77.9 Å². The van der Waals surface area contributed by atoms with Crippen LogP contribution in [0.3, 0.4) is 0 Å². The van der Waals surface area contributed by atoms with Crippen LogP contribution in [0.1, 0.15) is 36.8 Å². The second-order valence-corrected chi connectivity index (χ2v) is 10.9. The molecule has 1 aliphatic heterocycles. The van der Waals surface area contributed by atoms with Crippen molar-refractivity contribution in [2.75, 3.05) is 31.5 Å². The zero-order chi connectivity index (χ0) is 35.6. The molecule has 0 aromatic heterocycles. The van der Waals surface area contributed by atoms with Gasteiger partial charge >= 0.3 is 6.16 Å². The molecule has 2 aromatic rings. The summed E-state index contributed by atoms with van der Waals surface area (Å²) in [7, 11) is 0. The van der Waals surface area contributed by atoms with E-state index in [1.807, 2.05) is 0 Å². The Morgan fingerprint density at radius 3 is 2.00 bits per heavy atom. The highest BCUT2D eigenvalue weighted by Gasteiger charge is 2.23. The number of carboxylic acid groups (broad SMARTS) is 1. The second-order valence-electron chi connectivity index (χ2n) is 10.9. The highest BCUT2D eigenvalue weighted by molar-refractivity contribution is 6.12. The number of benzene rings is 2. The number of ether oxygens (including phenoxy) is 1. The number of carbonyl (C=O) groups excluding carboxylic acids is 7. The van der Waals surface area contributed by atoms with E-state index in [1.165, 1.54) is 12.2 Å². The van der Waals surface area contributed by atoms with Crippen LogP contribution < -0.4 is 26.6 Å². The largest absolute Gasteiger partial charge is 0.506 e.